The van der Waals surface area contributed by atoms with Gasteiger partial charge in [0, 0.05) is 30.4 Å². The van der Waals surface area contributed by atoms with E-state index in [0.29, 0.717) is 19.3 Å². The zero-order valence-electron chi connectivity index (χ0n) is 14.0. The summed E-state index contributed by atoms with van der Waals surface area (Å²) in [7, 11) is 0. The Morgan fingerprint density at radius 3 is 2.84 bits per heavy atom. The van der Waals surface area contributed by atoms with Crippen molar-refractivity contribution < 1.29 is 18.7 Å². The molecule has 1 atom stereocenters. The van der Waals surface area contributed by atoms with E-state index in [1.807, 2.05) is 6.92 Å². The van der Waals surface area contributed by atoms with Gasteiger partial charge in [-0.3, -0.25) is 4.79 Å². The van der Waals surface area contributed by atoms with Gasteiger partial charge >= 0.3 is 0 Å². The van der Waals surface area contributed by atoms with E-state index in [0.717, 1.165) is 11.9 Å². The second-order valence-electron chi connectivity index (χ2n) is 6.42. The summed E-state index contributed by atoms with van der Waals surface area (Å²) >= 11 is 0. The number of aliphatic hydroxyl groups excluding tert-OH is 1. The molecule has 0 spiro atoms. The Balaban J connectivity index is 1.77. The second kappa shape index (κ2) is 7.31. The van der Waals surface area contributed by atoms with Gasteiger partial charge in [0.25, 0.3) is 0 Å². The number of hydrogen-bond donors (Lipinski definition) is 2. The van der Waals surface area contributed by atoms with Crippen LogP contribution in [0.3, 0.4) is 0 Å². The monoisotopic (exact) mass is 349 g/mol. The molecule has 1 heterocycles. The number of benzene rings is 1. The number of aromatic nitrogens is 2. The first-order chi connectivity index (χ1) is 12.0. The summed E-state index contributed by atoms with van der Waals surface area (Å²) in [6, 6.07) is 2.76. The number of nitrogens with one attached hydrogen (secondary N) is 1. The SMILES string of the molecule is CCc1nccn1CC(=O)NC(c1ccc(F)cc1F)C1CC(O)C1. The third-order valence-corrected chi connectivity index (χ3v) is 4.67. The van der Waals surface area contributed by atoms with Gasteiger partial charge < -0.3 is 15.0 Å². The Labute approximate surface area is 144 Å². The van der Waals surface area contributed by atoms with Crippen LogP contribution in [0.5, 0.6) is 0 Å². The molecule has 0 saturated heterocycles. The first kappa shape index (κ1) is 17.5. The Bertz CT molecular complexity index is 757. The average Bonchev–Trinajstić information content (AvgIpc) is 2.97. The predicted octanol–water partition coefficient (Wildman–Crippen LogP) is 2.35. The summed E-state index contributed by atoms with van der Waals surface area (Å²) in [4.78, 5) is 16.6. The molecule has 7 heteroatoms. The van der Waals surface area contributed by atoms with Crippen LogP contribution >= 0.6 is 0 Å². The van der Waals surface area contributed by atoms with Crippen LogP contribution in [-0.4, -0.2) is 26.7 Å². The summed E-state index contributed by atoms with van der Waals surface area (Å²) < 4.78 is 29.1. The number of aryl methyl sites for hydroxylation is 1. The van der Waals surface area contributed by atoms with Gasteiger partial charge in [-0.05, 0) is 24.8 Å². The standard InChI is InChI=1S/C18H21F2N3O2/c1-2-16-21-5-6-23(16)10-17(25)22-18(11-7-13(24)8-11)14-4-3-12(19)9-15(14)20/h3-6,9,11,13,18,24H,2,7-8,10H2,1H3,(H,22,25). The van der Waals surface area contributed by atoms with E-state index in [4.69, 9.17) is 0 Å². The number of carbonyl (C=O) groups excluding carboxylic acids is 1. The fourth-order valence-corrected chi connectivity index (χ4v) is 3.28. The summed E-state index contributed by atoms with van der Waals surface area (Å²) in [5.41, 5.74) is 0.244. The number of carbonyl (C=O) groups is 1. The maximum Gasteiger partial charge on any atom is 0.240 e. The third-order valence-electron chi connectivity index (χ3n) is 4.67. The van der Waals surface area contributed by atoms with Crippen LogP contribution < -0.4 is 5.32 Å². The molecular weight excluding hydrogens is 328 g/mol. The lowest BCUT2D eigenvalue weighted by molar-refractivity contribution is -0.123. The van der Waals surface area contributed by atoms with Crippen molar-refractivity contribution in [2.45, 2.75) is 44.9 Å². The normalized spacial score (nSPS) is 20.8. The predicted molar refractivity (Wildman–Crippen MR) is 87.6 cm³/mol. The largest absolute Gasteiger partial charge is 0.393 e. The minimum atomic E-state index is -0.691. The molecule has 1 amide bonds. The van der Waals surface area contributed by atoms with E-state index >= 15 is 0 Å². The Morgan fingerprint density at radius 1 is 1.44 bits per heavy atom. The number of imidazole rings is 1. The van der Waals surface area contributed by atoms with Crippen molar-refractivity contribution in [1.29, 1.82) is 0 Å². The van der Waals surface area contributed by atoms with Crippen LogP contribution in [0.25, 0.3) is 0 Å². The van der Waals surface area contributed by atoms with Crippen molar-refractivity contribution >= 4 is 5.91 Å². The van der Waals surface area contributed by atoms with Crippen LogP contribution in [0.1, 0.15) is 37.2 Å². The maximum atomic E-state index is 14.2. The van der Waals surface area contributed by atoms with E-state index in [1.54, 1.807) is 17.0 Å². The van der Waals surface area contributed by atoms with Crippen LogP contribution in [-0.2, 0) is 17.8 Å². The fraction of sp³-hybridized carbons (Fsp3) is 0.444. The Hall–Kier alpha value is -2.28. The van der Waals surface area contributed by atoms with Crippen molar-refractivity contribution in [3.63, 3.8) is 0 Å². The molecule has 0 aliphatic heterocycles. The minimum absolute atomic E-state index is 0.0765. The molecule has 25 heavy (non-hydrogen) atoms. The summed E-state index contributed by atoms with van der Waals surface area (Å²) in [5.74, 6) is -0.913. The lowest BCUT2D eigenvalue weighted by Gasteiger charge is -2.38. The molecule has 1 unspecified atom stereocenters. The minimum Gasteiger partial charge on any atom is -0.393 e. The molecule has 2 aromatic rings. The molecule has 0 bridgehead atoms. The molecule has 0 radical (unpaired) electrons. The van der Waals surface area contributed by atoms with E-state index in [1.165, 1.54) is 12.1 Å². The van der Waals surface area contributed by atoms with Crippen LogP contribution in [0.15, 0.2) is 30.6 Å². The lowest BCUT2D eigenvalue weighted by Crippen LogP contribution is -2.42. The molecular formula is C18H21F2N3O2. The van der Waals surface area contributed by atoms with Gasteiger partial charge in [0.1, 0.15) is 24.0 Å². The van der Waals surface area contributed by atoms with E-state index < -0.39 is 23.8 Å². The molecule has 1 aromatic carbocycles. The van der Waals surface area contributed by atoms with Gasteiger partial charge in [-0.1, -0.05) is 13.0 Å². The van der Waals surface area contributed by atoms with Crippen molar-refractivity contribution in [2.24, 2.45) is 5.92 Å². The summed E-state index contributed by atoms with van der Waals surface area (Å²) in [6.07, 6.45) is 4.57. The topological polar surface area (TPSA) is 67.2 Å². The lowest BCUT2D eigenvalue weighted by atomic mass is 9.75. The summed E-state index contributed by atoms with van der Waals surface area (Å²) in [6.45, 7) is 2.03. The average molecular weight is 349 g/mol. The number of amides is 1. The van der Waals surface area contributed by atoms with Gasteiger partial charge in [-0.25, -0.2) is 13.8 Å². The molecule has 1 aromatic heterocycles. The van der Waals surface area contributed by atoms with Crippen molar-refractivity contribution in [3.05, 3.63) is 53.6 Å². The molecule has 3 rings (SSSR count). The second-order valence-corrected chi connectivity index (χ2v) is 6.42. The van der Waals surface area contributed by atoms with Crippen LogP contribution in [0.2, 0.25) is 0 Å². The van der Waals surface area contributed by atoms with E-state index in [2.05, 4.69) is 10.3 Å². The maximum absolute atomic E-state index is 14.2. The summed E-state index contributed by atoms with van der Waals surface area (Å²) in [5, 5.41) is 12.4. The number of hydrogen-bond acceptors (Lipinski definition) is 3. The molecule has 2 N–H and O–H groups in total. The number of halogens is 2. The highest BCUT2D eigenvalue weighted by Gasteiger charge is 2.36. The van der Waals surface area contributed by atoms with Gasteiger partial charge in [0.05, 0.1) is 12.1 Å². The zero-order chi connectivity index (χ0) is 18.0. The van der Waals surface area contributed by atoms with Crippen molar-refractivity contribution in [3.8, 4) is 0 Å². The van der Waals surface area contributed by atoms with E-state index in [-0.39, 0.29) is 23.9 Å². The van der Waals surface area contributed by atoms with Gasteiger partial charge in [0.15, 0.2) is 0 Å². The van der Waals surface area contributed by atoms with Gasteiger partial charge in [-0.2, -0.15) is 0 Å². The molecule has 5 nitrogen and oxygen atoms in total. The number of rotatable bonds is 6. The molecule has 1 saturated carbocycles. The smallest absolute Gasteiger partial charge is 0.240 e. The highest BCUT2D eigenvalue weighted by Crippen LogP contribution is 2.39. The molecule has 134 valence electrons. The van der Waals surface area contributed by atoms with Crippen molar-refractivity contribution in [1.82, 2.24) is 14.9 Å². The Kier molecular flexibility index (Phi) is 5.13. The molecule has 1 aliphatic carbocycles. The number of aliphatic hydroxyl groups is 1. The Morgan fingerprint density at radius 2 is 2.20 bits per heavy atom. The highest BCUT2D eigenvalue weighted by atomic mass is 19.1. The third kappa shape index (κ3) is 3.87. The van der Waals surface area contributed by atoms with Crippen LogP contribution in [0.4, 0.5) is 8.78 Å². The first-order valence-corrected chi connectivity index (χ1v) is 8.40. The quantitative estimate of drug-likeness (QED) is 0.841. The zero-order valence-corrected chi connectivity index (χ0v) is 14.0. The fourth-order valence-electron chi connectivity index (χ4n) is 3.28. The number of nitrogens with zero attached hydrogens (tertiary/aromatic N) is 2. The first-order valence-electron chi connectivity index (χ1n) is 8.40. The molecule has 1 fully saturated rings. The molecule has 1 aliphatic rings. The van der Waals surface area contributed by atoms with Gasteiger partial charge in [0.2, 0.25) is 5.91 Å². The van der Waals surface area contributed by atoms with Crippen LogP contribution in [0, 0.1) is 17.6 Å². The van der Waals surface area contributed by atoms with E-state index in [9.17, 15) is 18.7 Å². The van der Waals surface area contributed by atoms with Crippen molar-refractivity contribution in [2.75, 3.05) is 0 Å². The van der Waals surface area contributed by atoms with Gasteiger partial charge in [-0.15, -0.1) is 0 Å². The highest BCUT2D eigenvalue weighted by molar-refractivity contribution is 5.76.